The molecule has 0 fully saturated rings. The number of nitrogens with zero attached hydrogens (tertiary/aromatic N) is 4. The number of rotatable bonds is 4. The SMILES string of the molecule is CN(Cc1ccc(N(C)C)cc1)C(=O)c1ncn[nH]1. The zero-order valence-electron chi connectivity index (χ0n) is 11.3. The summed E-state index contributed by atoms with van der Waals surface area (Å²) in [5, 5.41) is 6.24. The van der Waals surface area contributed by atoms with Gasteiger partial charge in [-0.05, 0) is 17.7 Å². The molecule has 0 aliphatic heterocycles. The number of amides is 1. The molecular formula is C13H17N5O. The molecule has 0 spiro atoms. The summed E-state index contributed by atoms with van der Waals surface area (Å²) < 4.78 is 0. The van der Waals surface area contributed by atoms with Crippen molar-refractivity contribution in [2.24, 2.45) is 0 Å². The largest absolute Gasteiger partial charge is 0.378 e. The number of aromatic amines is 1. The average molecular weight is 259 g/mol. The van der Waals surface area contributed by atoms with Gasteiger partial charge in [-0.1, -0.05) is 12.1 Å². The Hall–Kier alpha value is -2.37. The minimum Gasteiger partial charge on any atom is -0.378 e. The standard InChI is InChI=1S/C13H17N5O/c1-17(2)11-6-4-10(5-7-11)8-18(3)13(19)12-14-9-15-16-12/h4-7,9H,8H2,1-3H3,(H,14,15,16). The predicted molar refractivity (Wildman–Crippen MR) is 72.9 cm³/mol. The molecule has 1 aromatic heterocycles. The molecular weight excluding hydrogens is 242 g/mol. The highest BCUT2D eigenvalue weighted by molar-refractivity contribution is 5.90. The predicted octanol–water partition coefficient (Wildman–Crippen LogP) is 1.14. The summed E-state index contributed by atoms with van der Waals surface area (Å²) in [7, 11) is 5.73. The molecule has 0 aliphatic carbocycles. The molecule has 6 nitrogen and oxygen atoms in total. The first-order valence-electron chi connectivity index (χ1n) is 5.95. The van der Waals surface area contributed by atoms with Gasteiger partial charge in [0.2, 0.25) is 5.82 Å². The fourth-order valence-electron chi connectivity index (χ4n) is 1.73. The molecule has 0 bridgehead atoms. The molecule has 2 rings (SSSR count). The average Bonchev–Trinajstić information content (AvgIpc) is 2.92. The van der Waals surface area contributed by atoms with Crippen molar-refractivity contribution in [2.75, 3.05) is 26.0 Å². The molecule has 0 atom stereocenters. The normalized spacial score (nSPS) is 10.3. The van der Waals surface area contributed by atoms with Crippen LogP contribution in [-0.2, 0) is 6.54 Å². The van der Waals surface area contributed by atoms with Crippen molar-refractivity contribution in [3.8, 4) is 0 Å². The van der Waals surface area contributed by atoms with Crippen LogP contribution in [0.1, 0.15) is 16.2 Å². The molecule has 6 heteroatoms. The van der Waals surface area contributed by atoms with Gasteiger partial charge in [-0.3, -0.25) is 9.89 Å². The van der Waals surface area contributed by atoms with Gasteiger partial charge >= 0.3 is 0 Å². The van der Waals surface area contributed by atoms with E-state index in [4.69, 9.17) is 0 Å². The maximum atomic E-state index is 12.0. The van der Waals surface area contributed by atoms with Gasteiger partial charge < -0.3 is 9.80 Å². The summed E-state index contributed by atoms with van der Waals surface area (Å²) in [6.07, 6.45) is 1.33. The minimum atomic E-state index is -0.172. The van der Waals surface area contributed by atoms with Crippen molar-refractivity contribution in [3.05, 3.63) is 42.0 Å². The first-order chi connectivity index (χ1) is 9.08. The molecule has 0 unspecified atom stereocenters. The van der Waals surface area contributed by atoms with Crippen LogP contribution in [0.4, 0.5) is 5.69 Å². The van der Waals surface area contributed by atoms with E-state index < -0.39 is 0 Å². The zero-order valence-corrected chi connectivity index (χ0v) is 11.3. The number of hydrogen-bond donors (Lipinski definition) is 1. The van der Waals surface area contributed by atoms with Crippen molar-refractivity contribution in [1.29, 1.82) is 0 Å². The van der Waals surface area contributed by atoms with Gasteiger partial charge in [0.25, 0.3) is 5.91 Å². The highest BCUT2D eigenvalue weighted by Crippen LogP contribution is 2.13. The van der Waals surface area contributed by atoms with Crippen LogP contribution in [-0.4, -0.2) is 47.1 Å². The molecule has 2 aromatic rings. The maximum Gasteiger partial charge on any atom is 0.291 e. The molecule has 1 heterocycles. The second-order valence-electron chi connectivity index (χ2n) is 4.56. The van der Waals surface area contributed by atoms with E-state index in [0.29, 0.717) is 6.54 Å². The Labute approximate surface area is 112 Å². The van der Waals surface area contributed by atoms with Gasteiger partial charge in [-0.2, -0.15) is 5.10 Å². The Morgan fingerprint density at radius 1 is 1.21 bits per heavy atom. The van der Waals surface area contributed by atoms with Crippen LogP contribution in [0.15, 0.2) is 30.6 Å². The minimum absolute atomic E-state index is 0.172. The fourth-order valence-corrected chi connectivity index (χ4v) is 1.73. The number of anilines is 1. The molecule has 1 N–H and O–H groups in total. The van der Waals surface area contributed by atoms with Gasteiger partial charge in [0.1, 0.15) is 6.33 Å². The van der Waals surface area contributed by atoms with Crippen molar-refractivity contribution in [2.45, 2.75) is 6.54 Å². The lowest BCUT2D eigenvalue weighted by Crippen LogP contribution is -2.27. The van der Waals surface area contributed by atoms with Crippen molar-refractivity contribution < 1.29 is 4.79 Å². The summed E-state index contributed by atoms with van der Waals surface area (Å²) in [5.74, 6) is 0.0848. The van der Waals surface area contributed by atoms with Gasteiger partial charge in [-0.15, -0.1) is 0 Å². The van der Waals surface area contributed by atoms with Crippen molar-refractivity contribution >= 4 is 11.6 Å². The Kier molecular flexibility index (Phi) is 3.79. The monoisotopic (exact) mass is 259 g/mol. The van der Waals surface area contributed by atoms with E-state index in [0.717, 1.165) is 11.3 Å². The summed E-state index contributed by atoms with van der Waals surface area (Å²) in [6, 6.07) is 8.09. The first kappa shape index (κ1) is 13.1. The van der Waals surface area contributed by atoms with E-state index in [9.17, 15) is 4.79 Å². The third-order valence-corrected chi connectivity index (χ3v) is 2.84. The lowest BCUT2D eigenvalue weighted by molar-refractivity contribution is 0.0773. The van der Waals surface area contributed by atoms with Gasteiger partial charge in [0.05, 0.1) is 0 Å². The number of aromatic nitrogens is 3. The molecule has 0 radical (unpaired) electrons. The number of carbonyl (C=O) groups is 1. The maximum absolute atomic E-state index is 12.0. The lowest BCUT2D eigenvalue weighted by atomic mass is 10.2. The number of benzene rings is 1. The van der Waals surface area contributed by atoms with Crippen molar-refractivity contribution in [3.63, 3.8) is 0 Å². The van der Waals surface area contributed by atoms with Gasteiger partial charge in [-0.25, -0.2) is 4.98 Å². The highest BCUT2D eigenvalue weighted by atomic mass is 16.2. The smallest absolute Gasteiger partial charge is 0.291 e. The van der Waals surface area contributed by atoms with E-state index in [2.05, 4.69) is 15.2 Å². The van der Waals surface area contributed by atoms with E-state index >= 15 is 0 Å². The molecule has 0 saturated heterocycles. The summed E-state index contributed by atoms with van der Waals surface area (Å²) in [4.78, 5) is 19.5. The third-order valence-electron chi connectivity index (χ3n) is 2.84. The van der Waals surface area contributed by atoms with Crippen molar-refractivity contribution in [1.82, 2.24) is 20.1 Å². The quantitative estimate of drug-likeness (QED) is 0.894. The van der Waals surface area contributed by atoms with Crippen LogP contribution < -0.4 is 4.90 Å². The van der Waals surface area contributed by atoms with Gasteiger partial charge in [0, 0.05) is 33.4 Å². The molecule has 19 heavy (non-hydrogen) atoms. The van der Waals surface area contributed by atoms with E-state index in [1.807, 2.05) is 43.3 Å². The van der Waals surface area contributed by atoms with E-state index in [1.165, 1.54) is 6.33 Å². The van der Waals surface area contributed by atoms with Crippen LogP contribution in [0, 0.1) is 0 Å². The number of nitrogens with one attached hydrogen (secondary N) is 1. The fraction of sp³-hybridized carbons (Fsp3) is 0.308. The summed E-state index contributed by atoms with van der Waals surface area (Å²) in [5.41, 5.74) is 2.20. The molecule has 1 aromatic carbocycles. The third kappa shape index (κ3) is 3.09. The molecule has 0 saturated carbocycles. The Morgan fingerprint density at radius 2 is 1.89 bits per heavy atom. The first-order valence-corrected chi connectivity index (χ1v) is 5.95. The second kappa shape index (κ2) is 5.51. The summed E-state index contributed by atoms with van der Waals surface area (Å²) in [6.45, 7) is 0.535. The topological polar surface area (TPSA) is 65.1 Å². The van der Waals surface area contributed by atoms with Crippen LogP contribution in [0.3, 0.4) is 0 Å². The Morgan fingerprint density at radius 3 is 2.42 bits per heavy atom. The van der Waals surface area contributed by atoms with Crippen LogP contribution in [0.5, 0.6) is 0 Å². The van der Waals surface area contributed by atoms with Crippen LogP contribution in [0.25, 0.3) is 0 Å². The number of H-pyrrole nitrogens is 1. The second-order valence-corrected chi connectivity index (χ2v) is 4.56. The van der Waals surface area contributed by atoms with E-state index in [1.54, 1.807) is 11.9 Å². The lowest BCUT2D eigenvalue weighted by Gasteiger charge is -2.17. The van der Waals surface area contributed by atoms with Crippen LogP contribution in [0.2, 0.25) is 0 Å². The highest BCUT2D eigenvalue weighted by Gasteiger charge is 2.14. The molecule has 0 aliphatic rings. The molecule has 1 amide bonds. The number of hydrogen-bond acceptors (Lipinski definition) is 4. The van der Waals surface area contributed by atoms with Gasteiger partial charge in [0.15, 0.2) is 0 Å². The zero-order chi connectivity index (χ0) is 13.8. The number of carbonyl (C=O) groups excluding carboxylic acids is 1. The Balaban J connectivity index is 2.02. The van der Waals surface area contributed by atoms with E-state index in [-0.39, 0.29) is 11.7 Å². The summed E-state index contributed by atoms with van der Waals surface area (Å²) >= 11 is 0. The Bertz CT molecular complexity index is 533. The molecule has 100 valence electrons. The van der Waals surface area contributed by atoms with Crippen LogP contribution >= 0.6 is 0 Å².